The molecular weight excluding hydrogens is 733 g/mol. The second kappa shape index (κ2) is 15.0. The third-order valence-corrected chi connectivity index (χ3v) is 11.5. The maximum absolute atomic E-state index is 15.4. The predicted octanol–water partition coefficient (Wildman–Crippen LogP) is 4.92. The molecule has 3 aromatic carbocycles. The summed E-state index contributed by atoms with van der Waals surface area (Å²) in [4.78, 5) is 56.8. The second-order valence-electron chi connectivity index (χ2n) is 15.0. The number of anilines is 4. The number of carbonyl (C=O) groups is 3. The molecule has 3 fully saturated rings. The molecule has 57 heavy (non-hydrogen) atoms. The van der Waals surface area contributed by atoms with Crippen LogP contribution in [0.1, 0.15) is 35.4 Å². The number of piperidine rings is 1. The van der Waals surface area contributed by atoms with Gasteiger partial charge in [0.05, 0.1) is 17.9 Å². The maximum atomic E-state index is 15.4. The molecule has 5 aromatic rings. The van der Waals surface area contributed by atoms with E-state index in [1.807, 2.05) is 37.4 Å². The molecule has 0 aliphatic carbocycles. The molecule has 0 spiro atoms. The van der Waals surface area contributed by atoms with Crippen LogP contribution in [-0.4, -0.2) is 101 Å². The van der Waals surface area contributed by atoms with E-state index >= 15 is 8.78 Å². The summed E-state index contributed by atoms with van der Waals surface area (Å²) in [5, 5.41) is 9.63. The Labute approximate surface area is 327 Å². The van der Waals surface area contributed by atoms with Gasteiger partial charge < -0.3 is 25.2 Å². The molecule has 3 saturated heterocycles. The predicted molar refractivity (Wildman–Crippen MR) is 211 cm³/mol. The number of pyridine rings is 1. The van der Waals surface area contributed by atoms with Crippen molar-refractivity contribution < 1.29 is 27.9 Å². The Morgan fingerprint density at radius 1 is 0.965 bits per heavy atom. The quantitative estimate of drug-likeness (QED) is 0.185. The SMILES string of the molecule is Cc1c(-c2ccc3cnc(Nc4ccc(CC(=O)N5CCN(C6CN(c7ccc(C8CCC(=O)NC8=O)c(F)c7)C6)CC5)c(F)c4)nc3c2)cnc2c1NCCO2. The van der Waals surface area contributed by atoms with Gasteiger partial charge in [-0.25, -0.2) is 23.7 Å². The summed E-state index contributed by atoms with van der Waals surface area (Å²) in [6.07, 6.45) is 3.98. The Kier molecular flexibility index (Phi) is 9.60. The Balaban J connectivity index is 0.770. The van der Waals surface area contributed by atoms with E-state index in [0.29, 0.717) is 67.8 Å². The van der Waals surface area contributed by atoms with Gasteiger partial charge in [0.1, 0.15) is 23.9 Å². The first-order valence-corrected chi connectivity index (χ1v) is 19.3. The number of carbonyl (C=O) groups excluding carboxylic acids is 3. The molecule has 9 rings (SSSR count). The minimum atomic E-state index is -0.664. The average Bonchev–Trinajstić information content (AvgIpc) is 3.19. The molecule has 6 heterocycles. The lowest BCUT2D eigenvalue weighted by Gasteiger charge is -2.49. The minimum Gasteiger partial charge on any atom is -0.474 e. The van der Waals surface area contributed by atoms with Gasteiger partial charge in [0, 0.05) is 98.6 Å². The molecular formula is C42H41F2N9O4. The van der Waals surface area contributed by atoms with E-state index in [0.717, 1.165) is 58.6 Å². The van der Waals surface area contributed by atoms with Gasteiger partial charge in [-0.05, 0) is 60.4 Å². The van der Waals surface area contributed by atoms with Crippen molar-refractivity contribution in [1.29, 1.82) is 0 Å². The molecule has 4 aliphatic rings. The Bertz CT molecular complexity index is 2420. The van der Waals surface area contributed by atoms with Crippen LogP contribution in [0.5, 0.6) is 5.88 Å². The summed E-state index contributed by atoms with van der Waals surface area (Å²) in [6.45, 7) is 7.26. The molecule has 0 radical (unpaired) electrons. The van der Waals surface area contributed by atoms with Crippen LogP contribution in [0, 0.1) is 18.6 Å². The van der Waals surface area contributed by atoms with Gasteiger partial charge in [0.2, 0.25) is 29.5 Å². The number of imide groups is 1. The molecule has 292 valence electrons. The van der Waals surface area contributed by atoms with Crippen molar-refractivity contribution in [2.24, 2.45) is 0 Å². The van der Waals surface area contributed by atoms with Gasteiger partial charge in [-0.2, -0.15) is 0 Å². The highest BCUT2D eigenvalue weighted by atomic mass is 19.1. The first kappa shape index (κ1) is 36.4. The standard InChI is InChI=1S/C42H41F2N9O4/c1-24-33(21-46-41-39(24)45-10-15-57-41)25-2-3-27-20-47-42(49-36(27)16-25)48-28-5-4-26(34(43)18-28)17-38(55)52-13-11-51(12-14-52)30-22-53(23-30)29-6-7-31(35(44)19-29)32-8-9-37(54)50-40(32)56/h2-7,16,18-21,30,32,45H,8-15,17,22-23H2,1H3,(H,47,48,49)(H,50,54,56). The Hall–Kier alpha value is -6.22. The summed E-state index contributed by atoms with van der Waals surface area (Å²) in [6, 6.07) is 15.9. The summed E-state index contributed by atoms with van der Waals surface area (Å²) in [7, 11) is 0. The van der Waals surface area contributed by atoms with Crippen molar-refractivity contribution in [2.75, 3.05) is 68.0 Å². The number of hydrogen-bond acceptors (Lipinski definition) is 11. The molecule has 4 aliphatic heterocycles. The summed E-state index contributed by atoms with van der Waals surface area (Å²) >= 11 is 0. The monoisotopic (exact) mass is 773 g/mol. The average molecular weight is 774 g/mol. The van der Waals surface area contributed by atoms with Gasteiger partial charge in [-0.1, -0.05) is 24.3 Å². The number of benzene rings is 3. The lowest BCUT2D eigenvalue weighted by atomic mass is 9.90. The molecule has 2 aromatic heterocycles. The summed E-state index contributed by atoms with van der Waals surface area (Å²) in [5.74, 6) is -1.58. The number of piperazine rings is 1. The lowest BCUT2D eigenvalue weighted by Crippen LogP contribution is -2.63. The Morgan fingerprint density at radius 3 is 2.60 bits per heavy atom. The van der Waals surface area contributed by atoms with E-state index in [-0.39, 0.29) is 30.7 Å². The van der Waals surface area contributed by atoms with Crippen LogP contribution < -0.4 is 25.6 Å². The zero-order valence-electron chi connectivity index (χ0n) is 31.4. The first-order chi connectivity index (χ1) is 27.7. The van der Waals surface area contributed by atoms with Crippen LogP contribution in [0.25, 0.3) is 22.0 Å². The van der Waals surface area contributed by atoms with Gasteiger partial charge >= 0.3 is 0 Å². The highest BCUT2D eigenvalue weighted by Gasteiger charge is 2.36. The van der Waals surface area contributed by atoms with Crippen LogP contribution >= 0.6 is 0 Å². The van der Waals surface area contributed by atoms with Gasteiger partial charge in [0.25, 0.3) is 0 Å². The second-order valence-corrected chi connectivity index (χ2v) is 15.0. The topological polar surface area (TPSA) is 145 Å². The number of halogens is 2. The minimum absolute atomic E-state index is 0.0441. The number of nitrogens with zero attached hydrogens (tertiary/aromatic N) is 6. The van der Waals surface area contributed by atoms with Crippen molar-refractivity contribution in [1.82, 2.24) is 30.1 Å². The van der Waals surface area contributed by atoms with Crippen LogP contribution in [-0.2, 0) is 20.8 Å². The molecule has 3 N–H and O–H groups in total. The first-order valence-electron chi connectivity index (χ1n) is 19.3. The van der Waals surface area contributed by atoms with Crippen LogP contribution in [0.15, 0.2) is 67.0 Å². The highest BCUT2D eigenvalue weighted by molar-refractivity contribution is 6.01. The lowest BCUT2D eigenvalue weighted by molar-refractivity contribution is -0.134. The highest BCUT2D eigenvalue weighted by Crippen LogP contribution is 2.36. The molecule has 1 unspecified atom stereocenters. The number of aromatic nitrogens is 3. The van der Waals surface area contributed by atoms with Gasteiger partial charge in [-0.15, -0.1) is 0 Å². The zero-order chi connectivity index (χ0) is 39.2. The van der Waals surface area contributed by atoms with Crippen molar-refractivity contribution in [3.8, 4) is 17.0 Å². The molecule has 13 nitrogen and oxygen atoms in total. The van der Waals surface area contributed by atoms with Gasteiger partial charge in [-0.3, -0.25) is 24.6 Å². The smallest absolute Gasteiger partial charge is 0.237 e. The zero-order valence-corrected chi connectivity index (χ0v) is 31.4. The summed E-state index contributed by atoms with van der Waals surface area (Å²) < 4.78 is 36.1. The van der Waals surface area contributed by atoms with Crippen molar-refractivity contribution >= 4 is 51.6 Å². The third kappa shape index (κ3) is 7.30. The van der Waals surface area contributed by atoms with Gasteiger partial charge in [0.15, 0.2) is 0 Å². The number of amides is 3. The normalized spacial score (nSPS) is 18.7. The van der Waals surface area contributed by atoms with E-state index in [9.17, 15) is 14.4 Å². The fraction of sp³-hybridized carbons (Fsp3) is 0.333. The largest absolute Gasteiger partial charge is 0.474 e. The van der Waals surface area contributed by atoms with E-state index in [2.05, 4.69) is 35.7 Å². The van der Waals surface area contributed by atoms with E-state index in [4.69, 9.17) is 9.72 Å². The van der Waals surface area contributed by atoms with E-state index in [1.165, 1.54) is 12.1 Å². The molecule has 0 saturated carbocycles. The van der Waals surface area contributed by atoms with Crippen LogP contribution in [0.3, 0.4) is 0 Å². The number of fused-ring (bicyclic) bond motifs is 2. The van der Waals surface area contributed by atoms with Crippen LogP contribution in [0.4, 0.5) is 31.8 Å². The van der Waals surface area contributed by atoms with Crippen molar-refractivity contribution in [3.63, 3.8) is 0 Å². The van der Waals surface area contributed by atoms with Crippen molar-refractivity contribution in [3.05, 3.63) is 95.3 Å². The third-order valence-electron chi connectivity index (χ3n) is 11.5. The molecule has 0 bridgehead atoms. The number of hydrogen-bond donors (Lipinski definition) is 3. The maximum Gasteiger partial charge on any atom is 0.237 e. The molecule has 1 atom stereocenters. The fourth-order valence-corrected chi connectivity index (χ4v) is 8.15. The number of nitrogens with one attached hydrogen (secondary N) is 3. The van der Waals surface area contributed by atoms with E-state index < -0.39 is 23.5 Å². The van der Waals surface area contributed by atoms with E-state index in [1.54, 1.807) is 29.3 Å². The van der Waals surface area contributed by atoms with Crippen LogP contribution in [0.2, 0.25) is 0 Å². The Morgan fingerprint density at radius 2 is 1.81 bits per heavy atom. The molecule has 3 amide bonds. The number of ether oxygens (including phenoxy) is 1. The summed E-state index contributed by atoms with van der Waals surface area (Å²) in [5.41, 5.74) is 6.42. The molecule has 15 heteroatoms. The number of rotatable bonds is 8. The van der Waals surface area contributed by atoms with Crippen molar-refractivity contribution in [2.45, 2.75) is 38.1 Å². The fourth-order valence-electron chi connectivity index (χ4n) is 8.15.